The van der Waals surface area contributed by atoms with Crippen LogP contribution in [0.15, 0.2) is 67.8 Å². The van der Waals surface area contributed by atoms with Crippen molar-refractivity contribution in [3.8, 4) is 22.4 Å². The molecule has 0 radical (unpaired) electrons. The fourth-order valence-corrected chi connectivity index (χ4v) is 4.13. The van der Waals surface area contributed by atoms with Crippen molar-refractivity contribution >= 4 is 6.08 Å². The molecule has 1 aromatic heterocycles. The fourth-order valence-electron chi connectivity index (χ4n) is 4.13. The van der Waals surface area contributed by atoms with Gasteiger partial charge in [-0.2, -0.15) is 0 Å². The summed E-state index contributed by atoms with van der Waals surface area (Å²) in [6.07, 6.45) is 4.35. The van der Waals surface area contributed by atoms with Gasteiger partial charge in [0.25, 0.3) is 0 Å². The molecule has 4 rings (SSSR count). The van der Waals surface area contributed by atoms with Gasteiger partial charge < -0.3 is 4.98 Å². The first-order chi connectivity index (χ1) is 12.6. The lowest BCUT2D eigenvalue weighted by Crippen LogP contribution is -2.19. The molecule has 3 aromatic rings. The minimum absolute atomic E-state index is 0.0336. The maximum absolute atomic E-state index is 3.67. The van der Waals surface area contributed by atoms with Gasteiger partial charge >= 0.3 is 0 Å². The monoisotopic (exact) mass is 341 g/mol. The van der Waals surface area contributed by atoms with Gasteiger partial charge in [-0.3, -0.25) is 0 Å². The van der Waals surface area contributed by atoms with E-state index < -0.39 is 0 Å². The van der Waals surface area contributed by atoms with Gasteiger partial charge in [-0.15, -0.1) is 13.2 Å². The van der Waals surface area contributed by atoms with Crippen LogP contribution in [-0.2, 0) is 5.41 Å². The summed E-state index contributed by atoms with van der Waals surface area (Å²) in [6, 6.07) is 17.7. The van der Waals surface area contributed by atoms with E-state index in [1.54, 1.807) is 0 Å². The number of fused-ring (bicyclic) bond motifs is 5. The molecule has 0 atom stereocenters. The van der Waals surface area contributed by atoms with Gasteiger partial charge in [-0.05, 0) is 30.5 Å². The third kappa shape index (κ3) is 2.55. The highest BCUT2D eigenvalue weighted by Crippen LogP contribution is 2.49. The van der Waals surface area contributed by atoms with Crippen molar-refractivity contribution < 1.29 is 0 Å². The van der Waals surface area contributed by atoms with Crippen LogP contribution in [-0.4, -0.2) is 4.98 Å². The Morgan fingerprint density at radius 2 is 1.42 bits per heavy atom. The summed E-state index contributed by atoms with van der Waals surface area (Å²) < 4.78 is 0. The Hall–Kier alpha value is -2.80. The summed E-state index contributed by atoms with van der Waals surface area (Å²) in [6.45, 7) is 14.9. The molecular weight excluding hydrogens is 314 g/mol. The van der Waals surface area contributed by atoms with E-state index in [1.807, 2.05) is 0 Å². The number of aromatic nitrogens is 1. The molecular formula is C25H27N. The van der Waals surface area contributed by atoms with Crippen molar-refractivity contribution in [1.82, 2.24) is 4.98 Å². The molecule has 1 nitrogen and oxygen atoms in total. The fraction of sp³-hybridized carbons (Fsp3) is 0.200. The largest absolute Gasteiger partial charge is 0.358 e. The highest BCUT2D eigenvalue weighted by atomic mass is 14.7. The van der Waals surface area contributed by atoms with Crippen LogP contribution < -0.4 is 0 Å². The van der Waals surface area contributed by atoms with E-state index >= 15 is 0 Å². The van der Waals surface area contributed by atoms with Crippen LogP contribution in [0.2, 0.25) is 0 Å². The first kappa shape index (κ1) is 18.0. The SMILES string of the molecule is C/C=C\c1c(C)[nH]c2c1-c1ccccc1C(C)(C)c1ccccc1-2.C=C. The predicted octanol–water partition coefficient (Wildman–Crippen LogP) is 7.13. The van der Waals surface area contributed by atoms with Crippen LogP contribution in [0.4, 0.5) is 0 Å². The van der Waals surface area contributed by atoms with E-state index in [0.29, 0.717) is 0 Å². The Morgan fingerprint density at radius 3 is 2.04 bits per heavy atom. The molecule has 1 heteroatoms. The Labute approximate surface area is 157 Å². The summed E-state index contributed by atoms with van der Waals surface area (Å²) in [5.41, 5.74) is 10.5. The van der Waals surface area contributed by atoms with Crippen LogP contribution in [0.3, 0.4) is 0 Å². The highest BCUT2D eigenvalue weighted by Gasteiger charge is 2.34. The summed E-state index contributed by atoms with van der Waals surface area (Å²) in [4.78, 5) is 3.67. The first-order valence-corrected chi connectivity index (χ1v) is 9.10. The Morgan fingerprint density at radius 1 is 0.885 bits per heavy atom. The molecule has 26 heavy (non-hydrogen) atoms. The molecule has 1 heterocycles. The molecule has 0 bridgehead atoms. The normalized spacial score (nSPS) is 13.8. The van der Waals surface area contributed by atoms with Crippen LogP contribution in [0.5, 0.6) is 0 Å². The van der Waals surface area contributed by atoms with E-state index in [-0.39, 0.29) is 5.41 Å². The number of H-pyrrole nitrogens is 1. The van der Waals surface area contributed by atoms with Crippen molar-refractivity contribution in [1.29, 1.82) is 0 Å². The quantitative estimate of drug-likeness (QED) is 0.453. The Balaban J connectivity index is 0.000000948. The van der Waals surface area contributed by atoms with Crippen LogP contribution in [0, 0.1) is 6.92 Å². The van der Waals surface area contributed by atoms with Gasteiger partial charge in [-0.1, -0.05) is 74.5 Å². The molecule has 0 aliphatic heterocycles. The van der Waals surface area contributed by atoms with Crippen molar-refractivity contribution in [2.24, 2.45) is 0 Å². The third-order valence-corrected chi connectivity index (χ3v) is 5.31. The first-order valence-electron chi connectivity index (χ1n) is 9.10. The number of allylic oxidation sites excluding steroid dienone is 1. The smallest absolute Gasteiger partial charge is 0.0545 e. The standard InChI is InChI=1S/C23H23N.C2H4/c1-5-10-16-15(2)24-22-18-12-7-9-14-20(18)23(3,4)19-13-8-6-11-17(19)21(16)22;1-2/h5-14,24H,1-4H3;1-2H2/b10-5-;. The number of aryl methyl sites for hydroxylation is 1. The summed E-state index contributed by atoms with van der Waals surface area (Å²) in [7, 11) is 0. The lowest BCUT2D eigenvalue weighted by atomic mass is 9.75. The topological polar surface area (TPSA) is 15.8 Å². The zero-order chi connectivity index (χ0) is 18.9. The van der Waals surface area contributed by atoms with Crippen LogP contribution >= 0.6 is 0 Å². The van der Waals surface area contributed by atoms with Gasteiger partial charge in [0.2, 0.25) is 0 Å². The van der Waals surface area contributed by atoms with Gasteiger partial charge in [0.15, 0.2) is 0 Å². The van der Waals surface area contributed by atoms with Gasteiger partial charge in [0.1, 0.15) is 0 Å². The highest BCUT2D eigenvalue weighted by molar-refractivity contribution is 5.94. The number of hydrogen-bond acceptors (Lipinski definition) is 0. The Bertz CT molecular complexity index is 970. The molecule has 0 spiro atoms. The zero-order valence-corrected chi connectivity index (χ0v) is 16.2. The number of rotatable bonds is 1. The minimum atomic E-state index is -0.0336. The van der Waals surface area contributed by atoms with Crippen molar-refractivity contribution in [2.45, 2.75) is 33.1 Å². The number of nitrogens with one attached hydrogen (secondary N) is 1. The van der Waals surface area contributed by atoms with Crippen LogP contribution in [0.25, 0.3) is 28.5 Å². The molecule has 1 aliphatic rings. The average molecular weight is 341 g/mol. The summed E-state index contributed by atoms with van der Waals surface area (Å²) in [5, 5.41) is 0. The van der Waals surface area contributed by atoms with Crippen molar-refractivity contribution in [3.05, 3.63) is 90.1 Å². The molecule has 0 saturated carbocycles. The van der Waals surface area contributed by atoms with Gasteiger partial charge in [-0.25, -0.2) is 0 Å². The van der Waals surface area contributed by atoms with E-state index in [4.69, 9.17) is 0 Å². The van der Waals surface area contributed by atoms with Crippen LogP contribution in [0.1, 0.15) is 43.2 Å². The Kier molecular flexibility index (Phi) is 4.73. The van der Waals surface area contributed by atoms with Crippen molar-refractivity contribution in [3.63, 3.8) is 0 Å². The van der Waals surface area contributed by atoms with Gasteiger partial charge in [0.05, 0.1) is 5.69 Å². The van der Waals surface area contributed by atoms with E-state index in [9.17, 15) is 0 Å². The molecule has 0 unspecified atom stereocenters. The summed E-state index contributed by atoms with van der Waals surface area (Å²) >= 11 is 0. The molecule has 2 aromatic carbocycles. The molecule has 1 N–H and O–H groups in total. The van der Waals surface area contributed by atoms with Gasteiger partial charge in [0, 0.05) is 27.8 Å². The molecule has 0 fully saturated rings. The lowest BCUT2D eigenvalue weighted by Gasteiger charge is -2.28. The zero-order valence-electron chi connectivity index (χ0n) is 16.2. The average Bonchev–Trinajstić information content (AvgIpc) is 2.96. The second-order valence-electron chi connectivity index (χ2n) is 7.13. The molecule has 0 amide bonds. The molecule has 132 valence electrons. The lowest BCUT2D eigenvalue weighted by molar-refractivity contribution is 0.646. The van der Waals surface area contributed by atoms with Crippen molar-refractivity contribution in [2.75, 3.05) is 0 Å². The molecule has 1 aliphatic carbocycles. The summed E-state index contributed by atoms with van der Waals surface area (Å²) in [5.74, 6) is 0. The van der Waals surface area contributed by atoms with E-state index in [0.717, 1.165) is 0 Å². The van der Waals surface area contributed by atoms with E-state index in [1.165, 1.54) is 44.8 Å². The van der Waals surface area contributed by atoms with E-state index in [2.05, 4.69) is 107 Å². The predicted molar refractivity (Wildman–Crippen MR) is 114 cm³/mol. The minimum Gasteiger partial charge on any atom is -0.358 e. The maximum atomic E-state index is 3.67. The molecule has 0 saturated heterocycles. The second kappa shape index (κ2) is 6.84. The number of aromatic amines is 1. The second-order valence-corrected chi connectivity index (χ2v) is 7.13. The number of benzene rings is 2. The maximum Gasteiger partial charge on any atom is 0.0545 e. The third-order valence-electron chi connectivity index (χ3n) is 5.31. The number of hydrogen-bond donors (Lipinski definition) is 1.